The van der Waals surface area contributed by atoms with E-state index >= 15 is 0 Å². The third-order valence-corrected chi connectivity index (χ3v) is 5.67. The van der Waals surface area contributed by atoms with E-state index in [9.17, 15) is 9.59 Å². The van der Waals surface area contributed by atoms with Gasteiger partial charge in [-0.15, -0.1) is 5.10 Å². The number of rotatable bonds is 13. The van der Waals surface area contributed by atoms with Gasteiger partial charge >= 0.3 is 0 Å². The summed E-state index contributed by atoms with van der Waals surface area (Å²) in [4.78, 5) is 28.7. The number of nitrogens with one attached hydrogen (secondary N) is 1. The summed E-state index contributed by atoms with van der Waals surface area (Å²) in [6.45, 7) is 3.08. The van der Waals surface area contributed by atoms with Crippen LogP contribution in [0.25, 0.3) is 11.0 Å². The molecule has 0 saturated carbocycles. The summed E-state index contributed by atoms with van der Waals surface area (Å²) in [6, 6.07) is 11.8. The summed E-state index contributed by atoms with van der Waals surface area (Å²) in [5, 5.41) is 11.2. The van der Waals surface area contributed by atoms with Crippen LogP contribution in [-0.4, -0.2) is 72.7 Å². The van der Waals surface area contributed by atoms with E-state index in [2.05, 4.69) is 15.6 Å². The Morgan fingerprint density at radius 2 is 1.86 bits per heavy atom. The number of para-hydroxylation sites is 1. The highest BCUT2D eigenvalue weighted by molar-refractivity contribution is 5.89. The quantitative estimate of drug-likeness (QED) is 0.372. The van der Waals surface area contributed by atoms with E-state index in [1.807, 2.05) is 31.2 Å². The number of unbranched alkanes of at least 4 members (excludes halogenated alkanes) is 1. The highest BCUT2D eigenvalue weighted by Crippen LogP contribution is 2.32. The number of carbonyl (C=O) groups is 2. The molecule has 1 heterocycles. The van der Waals surface area contributed by atoms with Crippen molar-refractivity contribution in [2.75, 3.05) is 41.0 Å². The van der Waals surface area contributed by atoms with Crippen LogP contribution in [0.5, 0.6) is 11.5 Å². The third kappa shape index (κ3) is 6.27. The highest BCUT2D eigenvalue weighted by Gasteiger charge is 2.32. The first-order valence-electron chi connectivity index (χ1n) is 11.6. The lowest BCUT2D eigenvalue weighted by Crippen LogP contribution is -2.46. The van der Waals surface area contributed by atoms with Crippen molar-refractivity contribution in [2.24, 2.45) is 0 Å². The molecule has 35 heavy (non-hydrogen) atoms. The number of carbonyl (C=O) groups excluding carboxylic acids is 2. The van der Waals surface area contributed by atoms with E-state index in [4.69, 9.17) is 14.2 Å². The molecule has 0 radical (unpaired) electrons. The summed E-state index contributed by atoms with van der Waals surface area (Å²) >= 11 is 0. The Kier molecular flexibility index (Phi) is 9.42. The van der Waals surface area contributed by atoms with Crippen molar-refractivity contribution in [3.05, 3.63) is 48.0 Å². The Morgan fingerprint density at radius 1 is 1.09 bits per heavy atom. The van der Waals surface area contributed by atoms with Crippen molar-refractivity contribution < 1.29 is 23.8 Å². The average molecular weight is 484 g/mol. The molecule has 10 heteroatoms. The minimum atomic E-state index is -0.875. The predicted molar refractivity (Wildman–Crippen MR) is 131 cm³/mol. The summed E-state index contributed by atoms with van der Waals surface area (Å²) in [5.41, 5.74) is 2.07. The van der Waals surface area contributed by atoms with Crippen molar-refractivity contribution in [1.82, 2.24) is 25.2 Å². The van der Waals surface area contributed by atoms with Crippen molar-refractivity contribution >= 4 is 22.8 Å². The molecule has 0 aliphatic carbocycles. The van der Waals surface area contributed by atoms with Gasteiger partial charge in [-0.25, -0.2) is 4.68 Å². The van der Waals surface area contributed by atoms with Crippen LogP contribution in [0.4, 0.5) is 0 Å². The van der Waals surface area contributed by atoms with Gasteiger partial charge in [0.05, 0.1) is 26.3 Å². The minimum Gasteiger partial charge on any atom is -0.493 e. The normalized spacial score (nSPS) is 11.8. The molecule has 0 saturated heterocycles. The number of amides is 2. The van der Waals surface area contributed by atoms with Crippen LogP contribution in [0.3, 0.4) is 0 Å². The Bertz CT molecular complexity index is 1130. The van der Waals surface area contributed by atoms with Gasteiger partial charge < -0.3 is 24.4 Å². The standard InChI is InChI=1S/C25H33N5O5/c1-5-6-14-29(23(31)17-30-20-10-8-7-9-19(20)27-28-30)24(25(32)26-13-15-33-2)18-11-12-21(34-3)22(16-18)35-4/h7-12,16,24H,5-6,13-15,17H2,1-4H3,(H,26,32)/t24-/m0/s1. The topological polar surface area (TPSA) is 108 Å². The molecule has 2 amide bonds. The van der Waals surface area contributed by atoms with Crippen LogP contribution < -0.4 is 14.8 Å². The Morgan fingerprint density at radius 3 is 2.57 bits per heavy atom. The SMILES string of the molecule is CCCCN(C(=O)Cn1nnc2ccccc21)[C@H](C(=O)NCCOC)c1ccc(OC)c(OC)c1. The zero-order chi connectivity index (χ0) is 25.2. The summed E-state index contributed by atoms with van der Waals surface area (Å²) in [6.07, 6.45) is 1.60. The number of benzene rings is 2. The second kappa shape index (κ2) is 12.7. The molecule has 0 fully saturated rings. The molecule has 0 unspecified atom stereocenters. The number of nitrogens with zero attached hydrogens (tertiary/aromatic N) is 4. The number of ether oxygens (including phenoxy) is 3. The summed E-state index contributed by atoms with van der Waals surface area (Å²) < 4.78 is 17.4. The first-order chi connectivity index (χ1) is 17.0. The van der Waals surface area contributed by atoms with E-state index in [1.165, 1.54) is 7.11 Å². The van der Waals surface area contributed by atoms with Gasteiger partial charge in [-0.05, 0) is 36.2 Å². The van der Waals surface area contributed by atoms with Crippen molar-refractivity contribution in [1.29, 1.82) is 0 Å². The molecular formula is C25H33N5O5. The van der Waals surface area contributed by atoms with Crippen LogP contribution in [-0.2, 0) is 20.9 Å². The number of methoxy groups -OCH3 is 3. The second-order valence-electron chi connectivity index (χ2n) is 7.98. The molecule has 3 aromatic rings. The maximum atomic E-state index is 13.7. The highest BCUT2D eigenvalue weighted by atomic mass is 16.5. The fourth-order valence-electron chi connectivity index (χ4n) is 3.85. The van der Waals surface area contributed by atoms with Crippen LogP contribution in [0.15, 0.2) is 42.5 Å². The van der Waals surface area contributed by atoms with Gasteiger partial charge in [-0.3, -0.25) is 9.59 Å². The molecule has 1 N–H and O–H groups in total. The fraction of sp³-hybridized carbons (Fsp3) is 0.440. The predicted octanol–water partition coefficient (Wildman–Crippen LogP) is 2.58. The molecule has 0 spiro atoms. The van der Waals surface area contributed by atoms with E-state index in [-0.39, 0.29) is 18.4 Å². The van der Waals surface area contributed by atoms with Gasteiger partial charge in [0.25, 0.3) is 0 Å². The van der Waals surface area contributed by atoms with Crippen LogP contribution in [0, 0.1) is 0 Å². The van der Waals surface area contributed by atoms with E-state index < -0.39 is 6.04 Å². The van der Waals surface area contributed by atoms with Crippen molar-refractivity contribution in [3.63, 3.8) is 0 Å². The Hall–Kier alpha value is -3.66. The zero-order valence-electron chi connectivity index (χ0n) is 20.7. The lowest BCUT2D eigenvalue weighted by molar-refractivity contribution is -0.141. The minimum absolute atomic E-state index is 0.0423. The molecule has 0 aliphatic heterocycles. The first kappa shape index (κ1) is 26.0. The summed E-state index contributed by atoms with van der Waals surface area (Å²) in [5.74, 6) is 0.470. The van der Waals surface area contributed by atoms with Gasteiger partial charge in [0, 0.05) is 20.2 Å². The molecule has 1 atom stereocenters. The number of hydrogen-bond acceptors (Lipinski definition) is 7. The number of hydrogen-bond donors (Lipinski definition) is 1. The third-order valence-electron chi connectivity index (χ3n) is 5.67. The van der Waals surface area contributed by atoms with Crippen molar-refractivity contribution in [3.8, 4) is 11.5 Å². The first-order valence-corrected chi connectivity index (χ1v) is 11.6. The molecule has 10 nitrogen and oxygen atoms in total. The van der Waals surface area contributed by atoms with Crippen LogP contribution >= 0.6 is 0 Å². The molecule has 1 aromatic heterocycles. The second-order valence-corrected chi connectivity index (χ2v) is 7.98. The largest absolute Gasteiger partial charge is 0.493 e. The molecular weight excluding hydrogens is 450 g/mol. The average Bonchev–Trinajstić information content (AvgIpc) is 3.28. The zero-order valence-corrected chi connectivity index (χ0v) is 20.7. The van der Waals surface area contributed by atoms with E-state index in [0.29, 0.717) is 42.3 Å². The van der Waals surface area contributed by atoms with Gasteiger partial charge in [-0.2, -0.15) is 0 Å². The molecule has 0 aliphatic rings. The number of fused-ring (bicyclic) bond motifs is 1. The van der Waals surface area contributed by atoms with Crippen molar-refractivity contribution in [2.45, 2.75) is 32.4 Å². The maximum absolute atomic E-state index is 13.7. The lowest BCUT2D eigenvalue weighted by Gasteiger charge is -2.32. The molecule has 3 rings (SSSR count). The monoisotopic (exact) mass is 483 g/mol. The van der Waals surface area contributed by atoms with Gasteiger partial charge in [-0.1, -0.05) is 36.8 Å². The fourth-order valence-corrected chi connectivity index (χ4v) is 3.85. The maximum Gasteiger partial charge on any atom is 0.247 e. The lowest BCUT2D eigenvalue weighted by atomic mass is 10.0. The Balaban J connectivity index is 1.99. The van der Waals surface area contributed by atoms with Gasteiger partial charge in [0.2, 0.25) is 11.8 Å². The van der Waals surface area contributed by atoms with Crippen LogP contribution in [0.1, 0.15) is 31.4 Å². The van der Waals surface area contributed by atoms with E-state index in [0.717, 1.165) is 18.4 Å². The molecule has 0 bridgehead atoms. The smallest absolute Gasteiger partial charge is 0.247 e. The molecule has 188 valence electrons. The molecule has 2 aromatic carbocycles. The van der Waals surface area contributed by atoms with Gasteiger partial charge in [0.15, 0.2) is 11.5 Å². The summed E-state index contributed by atoms with van der Waals surface area (Å²) in [7, 11) is 4.65. The van der Waals surface area contributed by atoms with Crippen LogP contribution in [0.2, 0.25) is 0 Å². The number of aromatic nitrogens is 3. The Labute approximate surface area is 205 Å². The van der Waals surface area contributed by atoms with E-state index in [1.54, 1.807) is 42.0 Å². The van der Waals surface area contributed by atoms with Gasteiger partial charge in [0.1, 0.15) is 18.1 Å².